The van der Waals surface area contributed by atoms with E-state index in [0.717, 1.165) is 52.8 Å². The summed E-state index contributed by atoms with van der Waals surface area (Å²) in [7, 11) is -0.328. The maximum atomic E-state index is 6.20. The standard InChI is InChI=1S/C44H68INO2P4/c1-11-38-19-17-31-49(38,8)46(52(45,41-22-14-12-20-39(41)47-6)42-23-15-13-21-40(42)48-7)30-16-18-37-28-29-43(50(9)33(2)24-25-34(50)3)44(32-37)51(10)35(4)26-27-36(51)5/h12-15,20-23,28-29,32-36,38H,11,16-19,24-27,30-31H2,1-10H3/q+4/t33-,34-,35-,36-,38+,49?/m0/s1. The van der Waals surface area contributed by atoms with Crippen LogP contribution in [0.1, 0.15) is 91.5 Å². The largest absolute Gasteiger partial charge is 0.493 e. The topological polar surface area (TPSA) is 21.7 Å². The highest BCUT2D eigenvalue weighted by molar-refractivity contribution is 14.2. The molecule has 0 aromatic heterocycles. The number of halogens is 1. The number of aryl methyl sites for hydroxylation is 1. The summed E-state index contributed by atoms with van der Waals surface area (Å²) in [6.07, 6.45) is 13.2. The Morgan fingerprint density at radius 1 is 0.712 bits per heavy atom. The molecule has 0 spiro atoms. The van der Waals surface area contributed by atoms with Gasteiger partial charge in [0, 0.05) is 0 Å². The van der Waals surface area contributed by atoms with Crippen LogP contribution in [0.5, 0.6) is 11.5 Å². The molecule has 0 aliphatic carbocycles. The Morgan fingerprint density at radius 2 is 1.21 bits per heavy atom. The number of nitrogens with zero attached hydrogens (tertiary/aromatic N) is 1. The summed E-state index contributed by atoms with van der Waals surface area (Å²) in [5, 5.41) is 4.19. The SMILES string of the molecule is CC[C@@H]1CCC[P+]1(C)N(CCCc1ccc([P+]2(C)[C@@H](C)CC[C@@H]2C)c([P+]2(C)[C@@H](C)CC[C@@H]2C)c1)[P+](I)(c1ccccc1OC)c1ccccc1OC. The van der Waals surface area contributed by atoms with Crippen LogP contribution >= 0.6 is 49.0 Å². The summed E-state index contributed by atoms with van der Waals surface area (Å²) in [6, 6.07) is 25.8. The molecule has 6 rings (SSSR count). The van der Waals surface area contributed by atoms with Crippen molar-refractivity contribution in [1.82, 2.24) is 4.44 Å². The zero-order valence-electron chi connectivity index (χ0n) is 33.9. The number of hydrogen-bond acceptors (Lipinski definition) is 3. The Balaban J connectivity index is 1.43. The average molecular weight is 894 g/mol. The molecular formula is C44H68INO2P4+4. The summed E-state index contributed by atoms with van der Waals surface area (Å²) in [4.78, 5) is 0. The minimum Gasteiger partial charge on any atom is -0.493 e. The molecule has 6 atom stereocenters. The molecule has 1 unspecified atom stereocenters. The third-order valence-corrected chi connectivity index (χ3v) is 41.3. The maximum absolute atomic E-state index is 6.20. The molecule has 3 aromatic rings. The fourth-order valence-corrected chi connectivity index (χ4v) is 37.3. The van der Waals surface area contributed by atoms with Gasteiger partial charge in [-0.25, -0.2) is 0 Å². The number of ether oxygens (including phenoxy) is 2. The van der Waals surface area contributed by atoms with Gasteiger partial charge in [0.25, 0.3) is 5.06 Å². The molecular weight excluding hydrogens is 825 g/mol. The molecule has 3 aliphatic heterocycles. The average Bonchev–Trinajstić information content (AvgIpc) is 3.77. The van der Waals surface area contributed by atoms with Crippen LogP contribution in [0.4, 0.5) is 0 Å². The molecule has 0 bridgehead atoms. The van der Waals surface area contributed by atoms with Crippen LogP contribution in [0.2, 0.25) is 0 Å². The summed E-state index contributed by atoms with van der Waals surface area (Å²) >= 11 is 2.93. The van der Waals surface area contributed by atoms with Crippen molar-refractivity contribution in [1.29, 1.82) is 0 Å². The molecule has 0 saturated carbocycles. The van der Waals surface area contributed by atoms with Crippen LogP contribution < -0.4 is 30.7 Å². The van der Waals surface area contributed by atoms with E-state index in [1.165, 1.54) is 68.1 Å². The maximum Gasteiger partial charge on any atom is 0.253 e. The van der Waals surface area contributed by atoms with Gasteiger partial charge in [0.15, 0.2) is 44.1 Å². The molecule has 0 N–H and O–H groups in total. The Hall–Kier alpha value is -0.330. The molecule has 3 aliphatic rings. The van der Waals surface area contributed by atoms with E-state index in [9.17, 15) is 0 Å². The van der Waals surface area contributed by atoms with Crippen LogP contribution in [0.3, 0.4) is 0 Å². The first kappa shape index (κ1) is 41.3. The highest BCUT2D eigenvalue weighted by Crippen LogP contribution is 2.85. The molecule has 3 saturated heterocycles. The van der Waals surface area contributed by atoms with Gasteiger partial charge in [-0.3, -0.25) is 0 Å². The first-order valence-corrected chi connectivity index (χ1v) is 31.9. The van der Waals surface area contributed by atoms with E-state index in [0.29, 0.717) is 0 Å². The molecule has 0 radical (unpaired) electrons. The lowest BCUT2D eigenvalue weighted by atomic mass is 10.1. The highest BCUT2D eigenvalue weighted by atomic mass is 127. The normalized spacial score (nSPS) is 28.4. The van der Waals surface area contributed by atoms with Crippen molar-refractivity contribution in [3.05, 3.63) is 72.3 Å². The second-order valence-electron chi connectivity index (χ2n) is 16.9. The minimum absolute atomic E-state index is 0.770. The van der Waals surface area contributed by atoms with E-state index < -0.39 is 27.0 Å². The van der Waals surface area contributed by atoms with Crippen LogP contribution in [-0.2, 0) is 6.42 Å². The summed E-state index contributed by atoms with van der Waals surface area (Å²) in [5.41, 5.74) is 5.69. The van der Waals surface area contributed by atoms with Crippen molar-refractivity contribution in [2.45, 2.75) is 121 Å². The van der Waals surface area contributed by atoms with E-state index in [-0.39, 0.29) is 0 Å². The van der Waals surface area contributed by atoms with Gasteiger partial charge in [0.1, 0.15) is 18.0 Å². The van der Waals surface area contributed by atoms with Crippen LogP contribution in [0.25, 0.3) is 0 Å². The summed E-state index contributed by atoms with van der Waals surface area (Å²) in [6.45, 7) is 22.1. The molecule has 284 valence electrons. The fraction of sp³-hybridized carbons (Fsp3) is 0.591. The lowest BCUT2D eigenvalue weighted by molar-refractivity contribution is 0.417. The molecule has 3 heterocycles. The van der Waals surface area contributed by atoms with Crippen LogP contribution in [-0.4, -0.2) is 79.7 Å². The monoisotopic (exact) mass is 893 g/mol. The van der Waals surface area contributed by atoms with Gasteiger partial charge in [-0.15, -0.1) is 0 Å². The van der Waals surface area contributed by atoms with E-state index in [1.54, 1.807) is 5.56 Å². The number of hydrogen-bond donors (Lipinski definition) is 0. The zero-order valence-corrected chi connectivity index (χ0v) is 39.7. The summed E-state index contributed by atoms with van der Waals surface area (Å²) < 4.78 is 15.5. The van der Waals surface area contributed by atoms with Gasteiger partial charge in [-0.2, -0.15) is 0 Å². The molecule has 0 amide bonds. The fourth-order valence-electron chi connectivity index (χ4n) is 10.6. The van der Waals surface area contributed by atoms with Crippen molar-refractivity contribution >= 4 is 70.3 Å². The third-order valence-electron chi connectivity index (χ3n) is 14.6. The second kappa shape index (κ2) is 16.6. The van der Waals surface area contributed by atoms with Crippen molar-refractivity contribution in [3.63, 3.8) is 0 Å². The Morgan fingerprint density at radius 3 is 1.71 bits per heavy atom. The second-order valence-corrected chi connectivity index (χ2v) is 37.1. The molecule has 8 heteroatoms. The van der Waals surface area contributed by atoms with Gasteiger partial charge in [-0.05, 0) is 132 Å². The van der Waals surface area contributed by atoms with Crippen molar-refractivity contribution < 1.29 is 9.47 Å². The van der Waals surface area contributed by atoms with Crippen LogP contribution in [0, 0.1) is 0 Å². The van der Waals surface area contributed by atoms with Crippen molar-refractivity contribution in [2.75, 3.05) is 46.9 Å². The molecule has 3 fully saturated rings. The van der Waals surface area contributed by atoms with E-state index >= 15 is 0 Å². The first-order valence-electron chi connectivity index (χ1n) is 20.2. The quantitative estimate of drug-likeness (QED) is 0.126. The Bertz CT molecular complexity index is 1630. The van der Waals surface area contributed by atoms with Crippen LogP contribution in [0.15, 0.2) is 66.7 Å². The van der Waals surface area contributed by atoms with E-state index in [2.05, 4.69) is 148 Å². The lowest BCUT2D eigenvalue weighted by Gasteiger charge is -2.39. The van der Waals surface area contributed by atoms with Crippen molar-refractivity contribution in [2.24, 2.45) is 0 Å². The summed E-state index contributed by atoms with van der Waals surface area (Å²) in [5.74, 6) is 2.01. The van der Waals surface area contributed by atoms with Gasteiger partial charge in [0.2, 0.25) is 0 Å². The third kappa shape index (κ3) is 7.00. The highest BCUT2D eigenvalue weighted by Gasteiger charge is 2.65. The molecule has 3 aromatic carbocycles. The molecule has 3 nitrogen and oxygen atoms in total. The number of rotatable bonds is 13. The zero-order chi connectivity index (χ0) is 37.5. The van der Waals surface area contributed by atoms with Crippen molar-refractivity contribution in [3.8, 4) is 11.5 Å². The Labute approximate surface area is 333 Å². The van der Waals surface area contributed by atoms with Gasteiger partial charge < -0.3 is 9.47 Å². The number of methoxy groups -OCH3 is 2. The molecule has 52 heavy (non-hydrogen) atoms. The number of para-hydroxylation sites is 2. The Kier molecular flexibility index (Phi) is 13.2. The predicted molar refractivity (Wildman–Crippen MR) is 250 cm³/mol. The van der Waals surface area contributed by atoms with E-state index in [1.807, 2.05) is 24.8 Å². The van der Waals surface area contributed by atoms with Gasteiger partial charge in [-0.1, -0.05) is 37.3 Å². The number of benzene rings is 3. The smallest absolute Gasteiger partial charge is 0.253 e. The lowest BCUT2D eigenvalue weighted by Crippen LogP contribution is -2.38. The van der Waals surface area contributed by atoms with Gasteiger partial charge in [0.05, 0.1) is 89.7 Å². The minimum atomic E-state index is -2.17. The first-order chi connectivity index (χ1) is 24.8. The van der Waals surface area contributed by atoms with Gasteiger partial charge >= 0.3 is 0 Å². The van der Waals surface area contributed by atoms with E-state index in [4.69, 9.17) is 9.47 Å². The predicted octanol–water partition coefficient (Wildman–Crippen LogP) is 11.7.